The zero-order valence-corrected chi connectivity index (χ0v) is 12.9. The number of amides is 1. The average molecular weight is 293 g/mol. The lowest BCUT2D eigenvalue weighted by molar-refractivity contribution is -0.116. The first kappa shape index (κ1) is 16.9. The van der Waals surface area contributed by atoms with E-state index in [2.05, 4.69) is 11.9 Å². The van der Waals surface area contributed by atoms with Crippen molar-refractivity contribution in [3.8, 4) is 17.2 Å². The fourth-order valence-electron chi connectivity index (χ4n) is 1.81. The lowest BCUT2D eigenvalue weighted by atomic mass is 10.1. The predicted octanol–water partition coefficient (Wildman–Crippen LogP) is 2.68. The van der Waals surface area contributed by atoms with Crippen LogP contribution in [0.5, 0.6) is 17.2 Å². The molecule has 0 aliphatic rings. The Labute approximate surface area is 125 Å². The minimum absolute atomic E-state index is 0.222. The Kier molecular flexibility index (Phi) is 7.15. The SMILES string of the molecule is C=CC(=O)NCc1cc(OCC)c(OCC)c(OCC)c1. The molecule has 1 N–H and O–H groups in total. The van der Waals surface area contributed by atoms with E-state index in [1.54, 1.807) is 0 Å². The molecule has 0 atom stereocenters. The highest BCUT2D eigenvalue weighted by molar-refractivity contribution is 5.86. The number of carbonyl (C=O) groups is 1. The van der Waals surface area contributed by atoms with Gasteiger partial charge in [-0.15, -0.1) is 0 Å². The minimum Gasteiger partial charge on any atom is -0.490 e. The number of hydrogen-bond donors (Lipinski definition) is 1. The molecule has 21 heavy (non-hydrogen) atoms. The molecular weight excluding hydrogens is 270 g/mol. The highest BCUT2D eigenvalue weighted by atomic mass is 16.5. The third kappa shape index (κ3) is 5.02. The van der Waals surface area contributed by atoms with Crippen molar-refractivity contribution in [2.75, 3.05) is 19.8 Å². The molecular formula is C16H23NO4. The van der Waals surface area contributed by atoms with Crippen molar-refractivity contribution < 1.29 is 19.0 Å². The molecule has 5 heteroatoms. The summed E-state index contributed by atoms with van der Waals surface area (Å²) in [6, 6.07) is 3.70. The topological polar surface area (TPSA) is 56.8 Å². The van der Waals surface area contributed by atoms with Crippen LogP contribution in [0.3, 0.4) is 0 Å². The zero-order valence-electron chi connectivity index (χ0n) is 12.9. The van der Waals surface area contributed by atoms with E-state index in [4.69, 9.17) is 14.2 Å². The third-order valence-electron chi connectivity index (χ3n) is 2.62. The van der Waals surface area contributed by atoms with Crippen molar-refractivity contribution in [1.82, 2.24) is 5.32 Å². The summed E-state index contributed by atoms with van der Waals surface area (Å²) in [7, 11) is 0. The van der Waals surface area contributed by atoms with Crippen molar-refractivity contribution in [3.05, 3.63) is 30.4 Å². The number of ether oxygens (including phenoxy) is 3. The Balaban J connectivity index is 3.08. The minimum atomic E-state index is -0.222. The monoisotopic (exact) mass is 293 g/mol. The second kappa shape index (κ2) is 8.89. The van der Waals surface area contributed by atoms with E-state index >= 15 is 0 Å². The maximum absolute atomic E-state index is 11.3. The fourth-order valence-corrected chi connectivity index (χ4v) is 1.81. The lowest BCUT2D eigenvalue weighted by Crippen LogP contribution is -2.20. The summed E-state index contributed by atoms with van der Waals surface area (Å²) in [6.45, 7) is 11.1. The molecule has 5 nitrogen and oxygen atoms in total. The van der Waals surface area contributed by atoms with Gasteiger partial charge in [-0.3, -0.25) is 4.79 Å². The zero-order chi connectivity index (χ0) is 15.7. The first-order valence-corrected chi connectivity index (χ1v) is 7.11. The highest BCUT2D eigenvalue weighted by Gasteiger charge is 2.15. The molecule has 0 bridgehead atoms. The molecule has 0 aliphatic carbocycles. The van der Waals surface area contributed by atoms with Crippen molar-refractivity contribution in [3.63, 3.8) is 0 Å². The Hall–Kier alpha value is -2.17. The Morgan fingerprint density at radius 2 is 1.62 bits per heavy atom. The molecule has 0 aliphatic heterocycles. The summed E-state index contributed by atoms with van der Waals surface area (Å²) < 4.78 is 16.8. The van der Waals surface area contributed by atoms with Crippen molar-refractivity contribution in [2.24, 2.45) is 0 Å². The van der Waals surface area contributed by atoms with Crippen molar-refractivity contribution >= 4 is 5.91 Å². The van der Waals surface area contributed by atoms with Crippen LogP contribution in [0.25, 0.3) is 0 Å². The summed E-state index contributed by atoms with van der Waals surface area (Å²) in [5, 5.41) is 2.73. The first-order valence-electron chi connectivity index (χ1n) is 7.11. The molecule has 0 fully saturated rings. The molecule has 0 saturated carbocycles. The summed E-state index contributed by atoms with van der Waals surface area (Å²) in [4.78, 5) is 11.3. The highest BCUT2D eigenvalue weighted by Crippen LogP contribution is 2.39. The van der Waals surface area contributed by atoms with Crippen LogP contribution in [0.4, 0.5) is 0 Å². The Bertz CT molecular complexity index is 458. The number of carbonyl (C=O) groups excluding carboxylic acids is 1. The molecule has 0 aromatic heterocycles. The quantitative estimate of drug-likeness (QED) is 0.711. The molecule has 1 amide bonds. The van der Waals surface area contributed by atoms with E-state index < -0.39 is 0 Å². The lowest BCUT2D eigenvalue weighted by Gasteiger charge is -2.17. The van der Waals surface area contributed by atoms with Gasteiger partial charge in [0.1, 0.15) is 0 Å². The normalized spacial score (nSPS) is 9.86. The van der Waals surface area contributed by atoms with Gasteiger partial charge in [0.15, 0.2) is 11.5 Å². The summed E-state index contributed by atoms with van der Waals surface area (Å²) in [5.74, 6) is 1.61. The van der Waals surface area contributed by atoms with E-state index in [1.807, 2.05) is 32.9 Å². The molecule has 0 radical (unpaired) electrons. The molecule has 0 unspecified atom stereocenters. The van der Waals surface area contributed by atoms with Gasteiger partial charge in [0, 0.05) is 6.54 Å². The molecule has 0 heterocycles. The maximum Gasteiger partial charge on any atom is 0.243 e. The van der Waals surface area contributed by atoms with E-state index in [-0.39, 0.29) is 5.91 Å². The maximum atomic E-state index is 11.3. The second-order valence-corrected chi connectivity index (χ2v) is 4.14. The van der Waals surface area contributed by atoms with Gasteiger partial charge in [0.25, 0.3) is 0 Å². The number of nitrogens with one attached hydrogen (secondary N) is 1. The molecule has 1 rings (SSSR count). The summed E-state index contributed by atoms with van der Waals surface area (Å²) in [5.41, 5.74) is 0.876. The van der Waals surface area contributed by atoms with Gasteiger partial charge in [-0.25, -0.2) is 0 Å². The van der Waals surface area contributed by atoms with Crippen LogP contribution in [0, 0.1) is 0 Å². The van der Waals surface area contributed by atoms with Crippen LogP contribution in [-0.2, 0) is 11.3 Å². The first-order chi connectivity index (χ1) is 10.2. The van der Waals surface area contributed by atoms with Gasteiger partial charge < -0.3 is 19.5 Å². The van der Waals surface area contributed by atoms with Gasteiger partial charge in [0.2, 0.25) is 11.7 Å². The van der Waals surface area contributed by atoms with Gasteiger partial charge >= 0.3 is 0 Å². The number of benzene rings is 1. The van der Waals surface area contributed by atoms with Gasteiger partial charge in [0.05, 0.1) is 19.8 Å². The molecule has 116 valence electrons. The van der Waals surface area contributed by atoms with Crippen LogP contribution in [-0.4, -0.2) is 25.7 Å². The number of hydrogen-bond acceptors (Lipinski definition) is 4. The molecule has 0 saturated heterocycles. The molecule has 1 aromatic rings. The van der Waals surface area contributed by atoms with Gasteiger partial charge in [-0.05, 0) is 44.5 Å². The van der Waals surface area contributed by atoms with E-state index in [1.165, 1.54) is 6.08 Å². The van der Waals surface area contributed by atoms with Crippen LogP contribution < -0.4 is 19.5 Å². The predicted molar refractivity (Wildman–Crippen MR) is 82.0 cm³/mol. The van der Waals surface area contributed by atoms with Crippen LogP contribution in [0.1, 0.15) is 26.3 Å². The fraction of sp³-hybridized carbons (Fsp3) is 0.438. The molecule has 0 spiro atoms. The van der Waals surface area contributed by atoms with E-state index in [0.717, 1.165) is 5.56 Å². The largest absolute Gasteiger partial charge is 0.490 e. The van der Waals surface area contributed by atoms with Gasteiger partial charge in [-0.2, -0.15) is 0 Å². The average Bonchev–Trinajstić information content (AvgIpc) is 2.48. The van der Waals surface area contributed by atoms with E-state index in [0.29, 0.717) is 43.6 Å². The standard InChI is InChI=1S/C16H23NO4/c1-5-15(18)17-11-12-9-13(19-6-2)16(21-8-4)14(10-12)20-7-3/h5,9-10H,1,6-8,11H2,2-4H3,(H,17,18). The number of rotatable bonds is 9. The summed E-state index contributed by atoms with van der Waals surface area (Å²) >= 11 is 0. The molecule has 1 aromatic carbocycles. The third-order valence-corrected chi connectivity index (χ3v) is 2.62. The Morgan fingerprint density at radius 1 is 1.10 bits per heavy atom. The second-order valence-electron chi connectivity index (χ2n) is 4.14. The Morgan fingerprint density at radius 3 is 2.05 bits per heavy atom. The van der Waals surface area contributed by atoms with Gasteiger partial charge in [-0.1, -0.05) is 6.58 Å². The summed E-state index contributed by atoms with van der Waals surface area (Å²) in [6.07, 6.45) is 1.24. The van der Waals surface area contributed by atoms with Crippen LogP contribution >= 0.6 is 0 Å². The van der Waals surface area contributed by atoms with Crippen LogP contribution in [0.2, 0.25) is 0 Å². The van der Waals surface area contributed by atoms with Crippen molar-refractivity contribution in [2.45, 2.75) is 27.3 Å². The smallest absolute Gasteiger partial charge is 0.243 e. The van der Waals surface area contributed by atoms with Crippen LogP contribution in [0.15, 0.2) is 24.8 Å². The van der Waals surface area contributed by atoms with Crippen molar-refractivity contribution in [1.29, 1.82) is 0 Å². The van der Waals surface area contributed by atoms with E-state index in [9.17, 15) is 4.79 Å².